The van der Waals surface area contributed by atoms with E-state index in [0.717, 1.165) is 61.4 Å². The minimum absolute atomic E-state index is 0.0439. The number of nitrogens with zero attached hydrogens (tertiary/aromatic N) is 3. The second-order valence-corrected chi connectivity index (χ2v) is 11.3. The highest BCUT2D eigenvalue weighted by Crippen LogP contribution is 2.47. The molecule has 3 aromatic heterocycles. The summed E-state index contributed by atoms with van der Waals surface area (Å²) in [6, 6.07) is 23.9. The second kappa shape index (κ2) is 10.2. The average Bonchev–Trinajstić information content (AvgIpc) is 3.00. The fourth-order valence-electron chi connectivity index (χ4n) is 6.88. The van der Waals surface area contributed by atoms with E-state index in [1.54, 1.807) is 0 Å². The number of hydrogen-bond donors (Lipinski definition) is 2. The smallest absolute Gasteiger partial charge is 0.277 e. The normalized spacial score (nSPS) is 20.4. The number of aromatic nitrogens is 3. The van der Waals surface area contributed by atoms with Crippen LogP contribution in [0, 0.1) is 0 Å². The molecular formula is C33H42N5+3. The van der Waals surface area contributed by atoms with Gasteiger partial charge in [-0.05, 0) is 41.7 Å². The quantitative estimate of drug-likeness (QED) is 0.335. The van der Waals surface area contributed by atoms with E-state index >= 15 is 0 Å². The Bertz CT molecular complexity index is 1460. The first-order chi connectivity index (χ1) is 18.3. The molecule has 0 fully saturated rings. The number of fused-ring (bicyclic) bond motifs is 3. The van der Waals surface area contributed by atoms with Gasteiger partial charge >= 0.3 is 0 Å². The van der Waals surface area contributed by atoms with Gasteiger partial charge in [0.2, 0.25) is 5.69 Å². The number of aryl methyl sites for hydroxylation is 2. The lowest BCUT2D eigenvalue weighted by Crippen LogP contribution is -2.60. The summed E-state index contributed by atoms with van der Waals surface area (Å²) in [6.45, 7) is 8.02. The van der Waals surface area contributed by atoms with Gasteiger partial charge in [-0.15, -0.1) is 0 Å². The lowest BCUT2D eigenvalue weighted by Gasteiger charge is -2.36. The van der Waals surface area contributed by atoms with E-state index in [0.29, 0.717) is 0 Å². The Morgan fingerprint density at radius 2 is 1.50 bits per heavy atom. The summed E-state index contributed by atoms with van der Waals surface area (Å²) in [5.41, 5.74) is 20.4. The van der Waals surface area contributed by atoms with Crippen LogP contribution in [0.15, 0.2) is 85.3 Å². The third kappa shape index (κ3) is 4.55. The minimum Gasteiger partial charge on any atom is -0.394 e. The van der Waals surface area contributed by atoms with Gasteiger partial charge in [0.05, 0.1) is 17.8 Å². The zero-order valence-electron chi connectivity index (χ0n) is 23.3. The van der Waals surface area contributed by atoms with Crippen molar-refractivity contribution in [3.63, 3.8) is 0 Å². The lowest BCUT2D eigenvalue weighted by atomic mass is 9.68. The summed E-state index contributed by atoms with van der Waals surface area (Å²) < 4.78 is 7.01. The third-order valence-electron chi connectivity index (χ3n) is 8.69. The van der Waals surface area contributed by atoms with E-state index in [9.17, 15) is 0 Å². The summed E-state index contributed by atoms with van der Waals surface area (Å²) in [6.07, 6.45) is 11.8. The molecule has 0 aliphatic carbocycles. The van der Waals surface area contributed by atoms with Gasteiger partial charge < -0.3 is 11.5 Å². The van der Waals surface area contributed by atoms with Crippen molar-refractivity contribution in [2.45, 2.75) is 70.4 Å². The van der Waals surface area contributed by atoms with Crippen LogP contribution in [-0.2, 0) is 24.5 Å². The molecule has 2 atom stereocenters. The highest BCUT2D eigenvalue weighted by Gasteiger charge is 2.50. The molecule has 1 aromatic carbocycles. The van der Waals surface area contributed by atoms with Gasteiger partial charge in [0.15, 0.2) is 30.7 Å². The van der Waals surface area contributed by atoms with Gasteiger partial charge in [0.25, 0.3) is 11.4 Å². The largest absolute Gasteiger partial charge is 0.394 e. The predicted octanol–water partition coefficient (Wildman–Crippen LogP) is 5.24. The Morgan fingerprint density at radius 1 is 0.789 bits per heavy atom. The van der Waals surface area contributed by atoms with Crippen molar-refractivity contribution in [3.05, 3.63) is 90.9 Å². The molecule has 0 saturated heterocycles. The van der Waals surface area contributed by atoms with Gasteiger partial charge in [0, 0.05) is 42.7 Å². The minimum atomic E-state index is -0.0439. The van der Waals surface area contributed by atoms with Crippen molar-refractivity contribution < 1.29 is 13.7 Å². The Morgan fingerprint density at radius 3 is 2.24 bits per heavy atom. The highest BCUT2D eigenvalue weighted by molar-refractivity contribution is 5.64. The summed E-state index contributed by atoms with van der Waals surface area (Å²) in [7, 11) is 2.05. The Balaban J connectivity index is 1.62. The SMILES string of the molecule is CCCC1(C)CC(CC)(CC[n+]2cc(N)ccc2-c2ccc(N)c[n+]2C)[n+]2ccccc2-c2ccccc21. The van der Waals surface area contributed by atoms with E-state index in [1.807, 2.05) is 25.4 Å². The molecule has 1 aliphatic rings. The van der Waals surface area contributed by atoms with Crippen LogP contribution in [0.3, 0.4) is 0 Å². The maximum atomic E-state index is 6.33. The van der Waals surface area contributed by atoms with E-state index in [1.165, 1.54) is 16.8 Å². The van der Waals surface area contributed by atoms with Crippen molar-refractivity contribution in [2.75, 3.05) is 11.5 Å². The fraction of sp³-hybridized carbons (Fsp3) is 0.364. The van der Waals surface area contributed by atoms with Crippen molar-refractivity contribution in [3.8, 4) is 22.6 Å². The number of nitrogen functional groups attached to an aromatic ring is 2. The van der Waals surface area contributed by atoms with Crippen LogP contribution in [0.4, 0.5) is 11.4 Å². The van der Waals surface area contributed by atoms with E-state index in [2.05, 4.69) is 101 Å². The summed E-state index contributed by atoms with van der Waals surface area (Å²) in [5, 5.41) is 0. The fourth-order valence-corrected chi connectivity index (χ4v) is 6.88. The van der Waals surface area contributed by atoms with E-state index in [-0.39, 0.29) is 11.0 Å². The molecule has 0 saturated carbocycles. The molecule has 0 spiro atoms. The van der Waals surface area contributed by atoms with Crippen LogP contribution in [-0.4, -0.2) is 0 Å². The first-order valence-electron chi connectivity index (χ1n) is 14.0. The zero-order valence-corrected chi connectivity index (χ0v) is 23.3. The van der Waals surface area contributed by atoms with Crippen molar-refractivity contribution in [1.82, 2.24) is 0 Å². The molecule has 1 aliphatic heterocycles. The van der Waals surface area contributed by atoms with Gasteiger partial charge in [-0.3, -0.25) is 0 Å². The average molecular weight is 509 g/mol. The third-order valence-corrected chi connectivity index (χ3v) is 8.69. The molecule has 5 nitrogen and oxygen atoms in total. The Labute approximate surface area is 227 Å². The summed E-state index contributed by atoms with van der Waals surface area (Å²) in [4.78, 5) is 0. The number of hydrogen-bond acceptors (Lipinski definition) is 2. The molecule has 2 unspecified atom stereocenters. The van der Waals surface area contributed by atoms with Crippen LogP contribution >= 0.6 is 0 Å². The molecule has 5 heteroatoms. The maximum absolute atomic E-state index is 6.33. The monoisotopic (exact) mass is 508 g/mol. The van der Waals surface area contributed by atoms with Gasteiger partial charge in [-0.2, -0.15) is 13.7 Å². The van der Waals surface area contributed by atoms with Crippen LogP contribution in [0.1, 0.15) is 58.4 Å². The molecule has 0 bridgehead atoms. The van der Waals surface area contributed by atoms with Gasteiger partial charge in [-0.1, -0.05) is 45.4 Å². The van der Waals surface area contributed by atoms with Crippen LogP contribution in [0.25, 0.3) is 22.6 Å². The highest BCUT2D eigenvalue weighted by atomic mass is 15.1. The first-order valence-corrected chi connectivity index (χ1v) is 14.0. The summed E-state index contributed by atoms with van der Waals surface area (Å²) >= 11 is 0. The Kier molecular flexibility index (Phi) is 6.95. The first kappa shape index (κ1) is 25.9. The number of pyridine rings is 3. The molecule has 0 radical (unpaired) electrons. The maximum Gasteiger partial charge on any atom is 0.277 e. The van der Waals surface area contributed by atoms with Gasteiger partial charge in [-0.25, -0.2) is 0 Å². The molecule has 196 valence electrons. The van der Waals surface area contributed by atoms with E-state index < -0.39 is 0 Å². The molecule has 5 rings (SSSR count). The standard InChI is InChI=1S/C33H41N5/c1-5-18-32(3)24-33(6-2,38-20-10-9-13-29(38)27-11-7-8-12-28(27)32)19-21-37-23-26(35)15-17-31(37)30-16-14-25(34)22-36(30)4/h7-17,20,22-23,35H,5-6,18-19,21,24,34H2,1-4H3/q+2/p+1. The molecular weight excluding hydrogens is 466 g/mol. The van der Waals surface area contributed by atoms with Crippen molar-refractivity contribution in [1.29, 1.82) is 0 Å². The second-order valence-electron chi connectivity index (χ2n) is 11.3. The lowest BCUT2D eigenvalue weighted by molar-refractivity contribution is -0.773. The van der Waals surface area contributed by atoms with Crippen LogP contribution < -0.4 is 25.2 Å². The molecule has 0 amide bonds. The summed E-state index contributed by atoms with van der Waals surface area (Å²) in [5.74, 6) is 0. The van der Waals surface area contributed by atoms with Gasteiger partial charge in [0.1, 0.15) is 7.05 Å². The molecule has 4 aromatic rings. The topological polar surface area (TPSA) is 63.7 Å². The molecule has 4 heterocycles. The van der Waals surface area contributed by atoms with Crippen molar-refractivity contribution in [2.24, 2.45) is 7.05 Å². The van der Waals surface area contributed by atoms with Crippen molar-refractivity contribution >= 4 is 11.4 Å². The number of nitrogens with two attached hydrogens (primary N) is 2. The van der Waals surface area contributed by atoms with E-state index in [4.69, 9.17) is 11.5 Å². The predicted molar refractivity (Wildman–Crippen MR) is 154 cm³/mol. The number of benzene rings is 1. The Hall–Kier alpha value is -3.73. The molecule has 38 heavy (non-hydrogen) atoms. The van der Waals surface area contributed by atoms with Crippen LogP contribution in [0.2, 0.25) is 0 Å². The number of rotatable bonds is 7. The number of anilines is 2. The van der Waals surface area contributed by atoms with Crippen LogP contribution in [0.5, 0.6) is 0 Å². The zero-order chi connectivity index (χ0) is 26.9. The molecule has 4 N–H and O–H groups in total.